The number of ether oxygens (including phenoxy) is 2. The summed E-state index contributed by atoms with van der Waals surface area (Å²) in [4.78, 5) is 11.1. The van der Waals surface area contributed by atoms with Crippen LogP contribution in [0.5, 0.6) is 11.5 Å². The van der Waals surface area contributed by atoms with E-state index < -0.39 is 5.97 Å². The molecule has 4 rings (SSSR count). The highest BCUT2D eigenvalue weighted by molar-refractivity contribution is 5.89. The van der Waals surface area contributed by atoms with Gasteiger partial charge in [-0.05, 0) is 36.4 Å². The van der Waals surface area contributed by atoms with E-state index in [1.165, 1.54) is 0 Å². The maximum atomic E-state index is 11.1. The Morgan fingerprint density at radius 3 is 2.78 bits per heavy atom. The molecular formula is C17H12N2O4. The van der Waals surface area contributed by atoms with E-state index in [0.717, 1.165) is 22.6 Å². The summed E-state index contributed by atoms with van der Waals surface area (Å²) in [6.45, 7) is 0.231. The highest BCUT2D eigenvalue weighted by Gasteiger charge is 2.15. The Morgan fingerprint density at radius 1 is 1.04 bits per heavy atom. The predicted octanol–water partition coefficient (Wildman–Crippen LogP) is 3.17. The van der Waals surface area contributed by atoms with Gasteiger partial charge in [0.2, 0.25) is 6.79 Å². The lowest BCUT2D eigenvalue weighted by atomic mass is 10.1. The molecule has 114 valence electrons. The number of benzene rings is 2. The minimum Gasteiger partial charge on any atom is -0.478 e. The van der Waals surface area contributed by atoms with Crippen LogP contribution in [0.15, 0.2) is 48.5 Å². The van der Waals surface area contributed by atoms with Crippen molar-refractivity contribution in [2.45, 2.75) is 0 Å². The second-order valence-corrected chi connectivity index (χ2v) is 5.12. The molecule has 3 aromatic rings. The van der Waals surface area contributed by atoms with Crippen molar-refractivity contribution in [3.63, 3.8) is 0 Å². The number of carboxylic acids is 1. The van der Waals surface area contributed by atoms with Gasteiger partial charge in [0, 0.05) is 11.1 Å². The maximum absolute atomic E-state index is 11.1. The monoisotopic (exact) mass is 308 g/mol. The number of H-pyrrole nitrogens is 1. The van der Waals surface area contributed by atoms with Gasteiger partial charge < -0.3 is 14.6 Å². The predicted molar refractivity (Wildman–Crippen MR) is 82.5 cm³/mol. The normalized spacial score (nSPS) is 12.3. The number of aromatic nitrogens is 2. The quantitative estimate of drug-likeness (QED) is 0.776. The molecule has 1 aliphatic rings. The summed E-state index contributed by atoms with van der Waals surface area (Å²) in [5, 5.41) is 16.3. The summed E-state index contributed by atoms with van der Waals surface area (Å²) in [6.07, 6.45) is 0. The number of hydrogen-bond acceptors (Lipinski definition) is 4. The van der Waals surface area contributed by atoms with Crippen molar-refractivity contribution in [1.29, 1.82) is 0 Å². The standard InChI is InChI=1S/C17H12N2O4/c20-17(21)12-3-1-2-10(6-12)13-8-14(19-18-13)11-4-5-15-16(7-11)23-9-22-15/h1-8H,9H2,(H,18,19)(H,20,21). The molecule has 1 aromatic heterocycles. The molecule has 23 heavy (non-hydrogen) atoms. The van der Waals surface area contributed by atoms with Gasteiger partial charge in [-0.15, -0.1) is 0 Å². The third kappa shape index (κ3) is 2.40. The topological polar surface area (TPSA) is 84.4 Å². The highest BCUT2D eigenvalue weighted by atomic mass is 16.7. The summed E-state index contributed by atoms with van der Waals surface area (Å²) in [5.41, 5.74) is 3.39. The number of carboxylic acid groups (broad SMARTS) is 1. The number of aromatic carboxylic acids is 1. The smallest absolute Gasteiger partial charge is 0.335 e. The molecule has 0 aliphatic carbocycles. The van der Waals surface area contributed by atoms with Crippen molar-refractivity contribution >= 4 is 5.97 Å². The molecule has 6 heteroatoms. The largest absolute Gasteiger partial charge is 0.478 e. The van der Waals surface area contributed by atoms with Gasteiger partial charge in [0.15, 0.2) is 11.5 Å². The second kappa shape index (κ2) is 5.17. The van der Waals surface area contributed by atoms with E-state index in [-0.39, 0.29) is 12.4 Å². The van der Waals surface area contributed by atoms with Crippen molar-refractivity contribution < 1.29 is 19.4 Å². The summed E-state index contributed by atoms with van der Waals surface area (Å²) in [7, 11) is 0. The average Bonchev–Trinajstić information content (AvgIpc) is 3.23. The third-order valence-electron chi connectivity index (χ3n) is 3.67. The minimum absolute atomic E-state index is 0.231. The van der Waals surface area contributed by atoms with E-state index in [1.54, 1.807) is 18.2 Å². The molecule has 0 fully saturated rings. The molecule has 2 heterocycles. The fraction of sp³-hybridized carbons (Fsp3) is 0.0588. The summed E-state index contributed by atoms with van der Waals surface area (Å²) in [5.74, 6) is 0.465. The molecule has 0 radical (unpaired) electrons. The van der Waals surface area contributed by atoms with Crippen LogP contribution in [0.4, 0.5) is 0 Å². The van der Waals surface area contributed by atoms with Crippen LogP contribution in [0.2, 0.25) is 0 Å². The zero-order chi connectivity index (χ0) is 15.8. The minimum atomic E-state index is -0.960. The summed E-state index contributed by atoms with van der Waals surface area (Å²) >= 11 is 0. The van der Waals surface area contributed by atoms with Gasteiger partial charge in [0.1, 0.15) is 0 Å². The lowest BCUT2D eigenvalue weighted by Crippen LogP contribution is -1.95. The number of aromatic amines is 1. The lowest BCUT2D eigenvalue weighted by Gasteiger charge is -2.00. The Hall–Kier alpha value is -3.28. The van der Waals surface area contributed by atoms with E-state index in [2.05, 4.69) is 10.2 Å². The molecule has 0 unspecified atom stereocenters. The molecular weight excluding hydrogens is 296 g/mol. The van der Waals surface area contributed by atoms with Gasteiger partial charge in [-0.1, -0.05) is 12.1 Å². The van der Waals surface area contributed by atoms with Crippen LogP contribution < -0.4 is 9.47 Å². The Labute approximate surface area is 131 Å². The SMILES string of the molecule is O=C(O)c1cccc(-c2cc(-c3ccc4c(c3)OCO4)[nH]n2)c1. The Kier molecular flexibility index (Phi) is 3.01. The van der Waals surface area contributed by atoms with Crippen molar-refractivity contribution in [2.75, 3.05) is 6.79 Å². The molecule has 1 aliphatic heterocycles. The van der Waals surface area contributed by atoms with Crippen LogP contribution in [0.25, 0.3) is 22.5 Å². The number of nitrogens with zero attached hydrogens (tertiary/aromatic N) is 1. The van der Waals surface area contributed by atoms with Crippen molar-refractivity contribution in [2.24, 2.45) is 0 Å². The Bertz CT molecular complexity index is 901. The number of carbonyl (C=O) groups is 1. The third-order valence-corrected chi connectivity index (χ3v) is 3.67. The van der Waals surface area contributed by atoms with E-state index in [9.17, 15) is 4.79 Å². The second-order valence-electron chi connectivity index (χ2n) is 5.12. The molecule has 0 atom stereocenters. The van der Waals surface area contributed by atoms with Gasteiger partial charge in [-0.3, -0.25) is 5.10 Å². The Balaban J connectivity index is 1.69. The summed E-state index contributed by atoms with van der Waals surface area (Å²) < 4.78 is 10.7. The van der Waals surface area contributed by atoms with Gasteiger partial charge in [-0.2, -0.15) is 5.10 Å². The number of rotatable bonds is 3. The van der Waals surface area contributed by atoms with E-state index >= 15 is 0 Å². The molecule has 6 nitrogen and oxygen atoms in total. The van der Waals surface area contributed by atoms with Gasteiger partial charge in [-0.25, -0.2) is 4.79 Å². The zero-order valence-electron chi connectivity index (χ0n) is 11.9. The first kappa shape index (κ1) is 13.4. The summed E-state index contributed by atoms with van der Waals surface area (Å²) in [6, 6.07) is 14.2. The maximum Gasteiger partial charge on any atom is 0.335 e. The van der Waals surface area contributed by atoms with E-state index in [4.69, 9.17) is 14.6 Å². The van der Waals surface area contributed by atoms with Crippen LogP contribution >= 0.6 is 0 Å². The average molecular weight is 308 g/mol. The first-order valence-electron chi connectivity index (χ1n) is 7.00. The fourth-order valence-corrected chi connectivity index (χ4v) is 2.49. The first-order chi connectivity index (χ1) is 11.2. The van der Waals surface area contributed by atoms with Gasteiger partial charge >= 0.3 is 5.97 Å². The number of hydrogen-bond donors (Lipinski definition) is 2. The van der Waals surface area contributed by atoms with E-state index in [1.807, 2.05) is 30.3 Å². The molecule has 0 saturated heterocycles. The van der Waals surface area contributed by atoms with Crippen molar-refractivity contribution in [3.05, 3.63) is 54.1 Å². The van der Waals surface area contributed by atoms with Gasteiger partial charge in [0.25, 0.3) is 0 Å². The van der Waals surface area contributed by atoms with Crippen LogP contribution in [-0.4, -0.2) is 28.1 Å². The van der Waals surface area contributed by atoms with Crippen LogP contribution in [-0.2, 0) is 0 Å². The highest BCUT2D eigenvalue weighted by Crippen LogP contribution is 2.36. The van der Waals surface area contributed by atoms with Crippen molar-refractivity contribution in [1.82, 2.24) is 10.2 Å². The Morgan fingerprint density at radius 2 is 1.91 bits per heavy atom. The van der Waals surface area contributed by atoms with Crippen LogP contribution in [0.3, 0.4) is 0 Å². The lowest BCUT2D eigenvalue weighted by molar-refractivity contribution is 0.0697. The first-order valence-corrected chi connectivity index (χ1v) is 7.00. The molecule has 2 aromatic carbocycles. The molecule has 2 N–H and O–H groups in total. The molecule has 0 bridgehead atoms. The molecule has 0 amide bonds. The van der Waals surface area contributed by atoms with E-state index in [0.29, 0.717) is 11.4 Å². The van der Waals surface area contributed by atoms with Gasteiger partial charge in [0.05, 0.1) is 17.0 Å². The van der Waals surface area contributed by atoms with Crippen molar-refractivity contribution in [3.8, 4) is 34.0 Å². The fourth-order valence-electron chi connectivity index (χ4n) is 2.49. The molecule has 0 spiro atoms. The zero-order valence-corrected chi connectivity index (χ0v) is 11.9. The molecule has 0 saturated carbocycles. The van der Waals surface area contributed by atoms with Crippen LogP contribution in [0, 0.1) is 0 Å². The number of fused-ring (bicyclic) bond motifs is 1. The van der Waals surface area contributed by atoms with Crippen LogP contribution in [0.1, 0.15) is 10.4 Å². The number of nitrogens with one attached hydrogen (secondary N) is 1.